The average molecular weight is 224 g/mol. The van der Waals surface area contributed by atoms with Crippen molar-refractivity contribution < 1.29 is 9.47 Å². The van der Waals surface area contributed by atoms with E-state index in [2.05, 4.69) is 5.32 Å². The molecule has 0 saturated carbocycles. The highest BCUT2D eigenvalue weighted by atomic mass is 16.5. The Morgan fingerprint density at radius 1 is 1.25 bits per heavy atom. The zero-order chi connectivity index (χ0) is 12.0. The molecule has 0 aliphatic carbocycles. The Kier molecular flexibility index (Phi) is 4.92. The third kappa shape index (κ3) is 2.79. The lowest BCUT2D eigenvalue weighted by molar-refractivity contribution is 0.390. The van der Waals surface area contributed by atoms with Gasteiger partial charge in [0.1, 0.15) is 11.5 Å². The number of nitrogens with two attached hydrogens (primary N) is 1. The molecule has 16 heavy (non-hydrogen) atoms. The van der Waals surface area contributed by atoms with Gasteiger partial charge < -0.3 is 20.5 Å². The second kappa shape index (κ2) is 6.23. The van der Waals surface area contributed by atoms with Gasteiger partial charge in [-0.1, -0.05) is 0 Å². The van der Waals surface area contributed by atoms with Crippen LogP contribution in [0.25, 0.3) is 0 Å². The van der Waals surface area contributed by atoms with Crippen molar-refractivity contribution in [2.24, 2.45) is 5.73 Å². The highest BCUT2D eigenvalue weighted by molar-refractivity contribution is 5.63. The standard InChI is InChI=1S/C12H20N2O2/c1-9-11(15-2)6-5-10(12(9)16-3)14-8-4-7-13/h5-6,14H,4,7-8,13H2,1-3H3. The number of rotatable bonds is 6. The normalized spacial score (nSPS) is 10.0. The number of hydrogen-bond acceptors (Lipinski definition) is 4. The molecule has 0 aliphatic heterocycles. The zero-order valence-electron chi connectivity index (χ0n) is 10.2. The molecular formula is C12H20N2O2. The third-order valence-electron chi connectivity index (χ3n) is 2.48. The maximum Gasteiger partial charge on any atom is 0.148 e. The quantitative estimate of drug-likeness (QED) is 0.723. The van der Waals surface area contributed by atoms with Crippen LogP contribution in [-0.4, -0.2) is 27.3 Å². The van der Waals surface area contributed by atoms with E-state index in [1.54, 1.807) is 14.2 Å². The number of anilines is 1. The summed E-state index contributed by atoms with van der Waals surface area (Å²) < 4.78 is 10.6. The van der Waals surface area contributed by atoms with Crippen LogP contribution in [0.4, 0.5) is 5.69 Å². The van der Waals surface area contributed by atoms with E-state index in [1.807, 2.05) is 19.1 Å². The SMILES string of the molecule is COc1ccc(NCCCN)c(OC)c1C. The Morgan fingerprint density at radius 2 is 2.00 bits per heavy atom. The zero-order valence-corrected chi connectivity index (χ0v) is 10.2. The van der Waals surface area contributed by atoms with Gasteiger partial charge >= 0.3 is 0 Å². The lowest BCUT2D eigenvalue weighted by atomic mass is 10.1. The molecule has 0 radical (unpaired) electrons. The molecule has 1 rings (SSSR count). The van der Waals surface area contributed by atoms with Crippen LogP contribution in [0.3, 0.4) is 0 Å². The van der Waals surface area contributed by atoms with Crippen LogP contribution >= 0.6 is 0 Å². The molecule has 0 aliphatic rings. The van der Waals surface area contributed by atoms with E-state index in [1.165, 1.54) is 0 Å². The summed E-state index contributed by atoms with van der Waals surface area (Å²) in [6, 6.07) is 3.89. The molecule has 0 atom stereocenters. The van der Waals surface area contributed by atoms with Gasteiger partial charge in [-0.3, -0.25) is 0 Å². The van der Waals surface area contributed by atoms with Gasteiger partial charge in [-0.15, -0.1) is 0 Å². The van der Waals surface area contributed by atoms with Crippen molar-refractivity contribution in [3.63, 3.8) is 0 Å². The molecule has 0 spiro atoms. The molecule has 90 valence electrons. The number of benzene rings is 1. The second-order valence-corrected chi connectivity index (χ2v) is 3.54. The van der Waals surface area contributed by atoms with Crippen molar-refractivity contribution in [2.45, 2.75) is 13.3 Å². The van der Waals surface area contributed by atoms with E-state index in [9.17, 15) is 0 Å². The van der Waals surface area contributed by atoms with E-state index in [4.69, 9.17) is 15.2 Å². The van der Waals surface area contributed by atoms with E-state index < -0.39 is 0 Å². The van der Waals surface area contributed by atoms with Crippen LogP contribution in [-0.2, 0) is 0 Å². The topological polar surface area (TPSA) is 56.5 Å². The molecule has 1 aromatic rings. The third-order valence-corrected chi connectivity index (χ3v) is 2.48. The van der Waals surface area contributed by atoms with Crippen molar-refractivity contribution in [3.05, 3.63) is 17.7 Å². The summed E-state index contributed by atoms with van der Waals surface area (Å²) in [6.45, 7) is 3.51. The lowest BCUT2D eigenvalue weighted by Crippen LogP contribution is -2.09. The van der Waals surface area contributed by atoms with Crippen LogP contribution in [0.1, 0.15) is 12.0 Å². The predicted octanol–water partition coefficient (Wildman–Crippen LogP) is 1.77. The largest absolute Gasteiger partial charge is 0.496 e. The van der Waals surface area contributed by atoms with Gasteiger partial charge in [-0.25, -0.2) is 0 Å². The summed E-state index contributed by atoms with van der Waals surface area (Å²) in [5, 5.41) is 3.30. The molecule has 0 amide bonds. The Hall–Kier alpha value is -1.42. The second-order valence-electron chi connectivity index (χ2n) is 3.54. The maximum atomic E-state index is 5.45. The minimum absolute atomic E-state index is 0.685. The van der Waals surface area contributed by atoms with Crippen molar-refractivity contribution in [1.82, 2.24) is 0 Å². The molecule has 0 aromatic heterocycles. The molecule has 0 saturated heterocycles. The number of methoxy groups -OCH3 is 2. The number of hydrogen-bond donors (Lipinski definition) is 2. The van der Waals surface area contributed by atoms with Gasteiger partial charge in [0.2, 0.25) is 0 Å². The van der Waals surface area contributed by atoms with Crippen molar-refractivity contribution in [1.29, 1.82) is 0 Å². The minimum Gasteiger partial charge on any atom is -0.496 e. The Bertz CT molecular complexity index is 340. The monoisotopic (exact) mass is 224 g/mol. The molecule has 3 N–H and O–H groups in total. The molecule has 0 unspecified atom stereocenters. The van der Waals surface area contributed by atoms with E-state index in [-0.39, 0.29) is 0 Å². The summed E-state index contributed by atoms with van der Waals surface area (Å²) >= 11 is 0. The van der Waals surface area contributed by atoms with E-state index >= 15 is 0 Å². The van der Waals surface area contributed by atoms with Crippen LogP contribution in [0.5, 0.6) is 11.5 Å². The Morgan fingerprint density at radius 3 is 2.56 bits per heavy atom. The number of ether oxygens (including phenoxy) is 2. The van der Waals surface area contributed by atoms with E-state index in [0.29, 0.717) is 6.54 Å². The Labute approximate surface area is 96.7 Å². The van der Waals surface area contributed by atoms with Crippen LogP contribution in [0, 0.1) is 6.92 Å². The fourth-order valence-electron chi connectivity index (χ4n) is 1.62. The van der Waals surface area contributed by atoms with Gasteiger partial charge in [0.25, 0.3) is 0 Å². The van der Waals surface area contributed by atoms with Crippen LogP contribution in [0.2, 0.25) is 0 Å². The summed E-state index contributed by atoms with van der Waals surface area (Å²) in [6.07, 6.45) is 0.939. The van der Waals surface area contributed by atoms with Gasteiger partial charge in [-0.2, -0.15) is 0 Å². The molecule has 1 aromatic carbocycles. The highest BCUT2D eigenvalue weighted by Crippen LogP contribution is 2.34. The first-order valence-electron chi connectivity index (χ1n) is 5.40. The molecule has 0 heterocycles. The first-order valence-corrected chi connectivity index (χ1v) is 5.40. The van der Waals surface area contributed by atoms with Crippen molar-refractivity contribution in [2.75, 3.05) is 32.6 Å². The fourth-order valence-corrected chi connectivity index (χ4v) is 1.62. The minimum atomic E-state index is 0.685. The molecular weight excluding hydrogens is 204 g/mol. The summed E-state index contributed by atoms with van der Waals surface area (Å²) in [5.41, 5.74) is 7.43. The van der Waals surface area contributed by atoms with Crippen LogP contribution < -0.4 is 20.5 Å². The summed E-state index contributed by atoms with van der Waals surface area (Å²) in [7, 11) is 3.32. The smallest absolute Gasteiger partial charge is 0.148 e. The predicted molar refractivity (Wildman–Crippen MR) is 66.4 cm³/mol. The average Bonchev–Trinajstić information content (AvgIpc) is 2.30. The van der Waals surface area contributed by atoms with E-state index in [0.717, 1.165) is 35.7 Å². The molecule has 0 bridgehead atoms. The number of nitrogens with one attached hydrogen (secondary N) is 1. The maximum absolute atomic E-state index is 5.45. The van der Waals surface area contributed by atoms with Gasteiger partial charge in [0.15, 0.2) is 0 Å². The highest BCUT2D eigenvalue weighted by Gasteiger charge is 2.10. The lowest BCUT2D eigenvalue weighted by Gasteiger charge is -2.15. The first-order chi connectivity index (χ1) is 7.74. The van der Waals surface area contributed by atoms with Gasteiger partial charge in [0, 0.05) is 12.1 Å². The Balaban J connectivity index is 2.88. The first kappa shape index (κ1) is 12.6. The van der Waals surface area contributed by atoms with Crippen molar-refractivity contribution >= 4 is 5.69 Å². The molecule has 0 fully saturated rings. The van der Waals surface area contributed by atoms with Crippen molar-refractivity contribution in [3.8, 4) is 11.5 Å². The molecule has 4 heteroatoms. The van der Waals surface area contributed by atoms with Crippen LogP contribution in [0.15, 0.2) is 12.1 Å². The summed E-state index contributed by atoms with van der Waals surface area (Å²) in [4.78, 5) is 0. The summed E-state index contributed by atoms with van der Waals surface area (Å²) in [5.74, 6) is 1.66. The van der Waals surface area contributed by atoms with Gasteiger partial charge in [0.05, 0.1) is 19.9 Å². The van der Waals surface area contributed by atoms with Gasteiger partial charge in [-0.05, 0) is 32.0 Å². The molecule has 4 nitrogen and oxygen atoms in total. The fraction of sp³-hybridized carbons (Fsp3) is 0.500.